The molecule has 23 heavy (non-hydrogen) atoms. The molecule has 0 aliphatic rings. The highest BCUT2D eigenvalue weighted by molar-refractivity contribution is 7.95. The van der Waals surface area contributed by atoms with E-state index in [2.05, 4.69) is 4.72 Å². The molecule has 0 amide bonds. The highest BCUT2D eigenvalue weighted by Gasteiger charge is 2.12. The summed E-state index contributed by atoms with van der Waals surface area (Å²) >= 11 is 11.7. The first kappa shape index (κ1) is 17.3. The summed E-state index contributed by atoms with van der Waals surface area (Å²) in [5.41, 5.74) is 0.444. The molecule has 0 aliphatic carbocycles. The molecule has 0 atom stereocenters. The van der Waals surface area contributed by atoms with Gasteiger partial charge in [0.1, 0.15) is 0 Å². The largest absolute Gasteiger partial charge is 0.478 e. The van der Waals surface area contributed by atoms with Gasteiger partial charge in [0.2, 0.25) is 0 Å². The molecule has 120 valence electrons. The van der Waals surface area contributed by atoms with E-state index in [0.717, 1.165) is 11.5 Å². The van der Waals surface area contributed by atoms with Gasteiger partial charge in [0.15, 0.2) is 0 Å². The lowest BCUT2D eigenvalue weighted by molar-refractivity contribution is 0.0697. The molecule has 0 heterocycles. The molecular formula is C15H11Cl2NO4S. The molecule has 0 saturated heterocycles. The first-order valence-electron chi connectivity index (χ1n) is 6.27. The number of hydrogen-bond acceptors (Lipinski definition) is 3. The molecule has 0 spiro atoms. The summed E-state index contributed by atoms with van der Waals surface area (Å²) in [5.74, 6) is -1.25. The number of sulfonamides is 1. The zero-order valence-electron chi connectivity index (χ0n) is 11.5. The minimum Gasteiger partial charge on any atom is -0.478 e. The molecule has 0 aromatic heterocycles. The summed E-state index contributed by atoms with van der Waals surface area (Å²) in [4.78, 5) is 11.0. The quantitative estimate of drug-likeness (QED) is 0.828. The van der Waals surface area contributed by atoms with Crippen LogP contribution in [0.5, 0.6) is 0 Å². The number of nitrogens with one attached hydrogen (secondary N) is 1. The van der Waals surface area contributed by atoms with Crippen LogP contribution in [-0.4, -0.2) is 19.5 Å². The maximum atomic E-state index is 12.0. The van der Waals surface area contributed by atoms with Crippen LogP contribution >= 0.6 is 23.2 Å². The summed E-state index contributed by atoms with van der Waals surface area (Å²) in [6, 6.07) is 10.6. The number of rotatable bonds is 5. The summed E-state index contributed by atoms with van der Waals surface area (Å²) in [6.07, 6.45) is 1.35. The second-order valence-corrected chi connectivity index (χ2v) is 6.85. The van der Waals surface area contributed by atoms with Crippen molar-refractivity contribution in [3.8, 4) is 0 Å². The lowest BCUT2D eigenvalue weighted by atomic mass is 10.2. The second kappa shape index (κ2) is 7.04. The fourth-order valence-electron chi connectivity index (χ4n) is 1.72. The van der Waals surface area contributed by atoms with Crippen molar-refractivity contribution in [2.24, 2.45) is 0 Å². The van der Waals surface area contributed by atoms with Gasteiger partial charge in [-0.2, -0.15) is 0 Å². The van der Waals surface area contributed by atoms with Gasteiger partial charge in [0, 0.05) is 10.7 Å². The summed E-state index contributed by atoms with van der Waals surface area (Å²) < 4.78 is 26.3. The first-order valence-corrected chi connectivity index (χ1v) is 8.57. The first-order chi connectivity index (χ1) is 10.8. The molecule has 2 rings (SSSR count). The average Bonchev–Trinajstić information content (AvgIpc) is 2.48. The highest BCUT2D eigenvalue weighted by atomic mass is 35.5. The van der Waals surface area contributed by atoms with Gasteiger partial charge in [-0.15, -0.1) is 0 Å². The average molecular weight is 372 g/mol. The zero-order valence-corrected chi connectivity index (χ0v) is 13.9. The molecule has 2 aromatic rings. The van der Waals surface area contributed by atoms with Crippen molar-refractivity contribution < 1.29 is 18.3 Å². The van der Waals surface area contributed by atoms with Gasteiger partial charge in [-0.05, 0) is 35.9 Å². The monoisotopic (exact) mass is 371 g/mol. The Labute approximate surface area is 143 Å². The Hall–Kier alpha value is -2.02. The van der Waals surface area contributed by atoms with Crippen LogP contribution in [0, 0.1) is 0 Å². The molecule has 2 aromatic carbocycles. The minimum atomic E-state index is -3.83. The number of carboxylic acids is 1. The summed E-state index contributed by atoms with van der Waals surface area (Å²) in [5, 5.41) is 10.4. The number of aromatic carboxylic acids is 1. The Kier molecular flexibility index (Phi) is 5.30. The normalized spacial score (nSPS) is 11.6. The fourth-order valence-corrected chi connectivity index (χ4v) is 2.97. The predicted molar refractivity (Wildman–Crippen MR) is 91.4 cm³/mol. The van der Waals surface area contributed by atoms with Gasteiger partial charge in [-0.1, -0.05) is 41.4 Å². The maximum Gasteiger partial charge on any atom is 0.337 e. The van der Waals surface area contributed by atoms with E-state index in [4.69, 9.17) is 28.3 Å². The van der Waals surface area contributed by atoms with Gasteiger partial charge in [0.25, 0.3) is 10.0 Å². The number of carboxylic acid groups (broad SMARTS) is 1. The molecule has 0 fully saturated rings. The van der Waals surface area contributed by atoms with Crippen LogP contribution in [0.25, 0.3) is 6.08 Å². The van der Waals surface area contributed by atoms with Crippen LogP contribution in [0.4, 0.5) is 5.69 Å². The number of hydrogen-bond donors (Lipinski definition) is 2. The van der Waals surface area contributed by atoms with E-state index in [1.165, 1.54) is 18.2 Å². The van der Waals surface area contributed by atoms with Gasteiger partial charge >= 0.3 is 5.97 Å². The van der Waals surface area contributed by atoms with Crippen molar-refractivity contribution in [2.75, 3.05) is 4.72 Å². The summed E-state index contributed by atoms with van der Waals surface area (Å²) in [6.45, 7) is 0. The van der Waals surface area contributed by atoms with Gasteiger partial charge in [0.05, 0.1) is 16.0 Å². The summed E-state index contributed by atoms with van der Waals surface area (Å²) in [7, 11) is -3.83. The Morgan fingerprint density at radius 1 is 1.09 bits per heavy atom. The second-order valence-electron chi connectivity index (χ2n) is 4.47. The van der Waals surface area contributed by atoms with Gasteiger partial charge in [-0.3, -0.25) is 4.72 Å². The van der Waals surface area contributed by atoms with Crippen molar-refractivity contribution >= 4 is 51.0 Å². The maximum absolute atomic E-state index is 12.0. The topological polar surface area (TPSA) is 83.5 Å². The van der Waals surface area contributed by atoms with E-state index in [1.54, 1.807) is 24.3 Å². The lowest BCUT2D eigenvalue weighted by Gasteiger charge is -2.06. The molecule has 0 radical (unpaired) electrons. The van der Waals surface area contributed by atoms with Gasteiger partial charge < -0.3 is 5.11 Å². The van der Waals surface area contributed by atoms with Crippen molar-refractivity contribution in [3.63, 3.8) is 0 Å². The molecule has 2 N–H and O–H groups in total. The van der Waals surface area contributed by atoms with Crippen LogP contribution in [0.2, 0.25) is 10.0 Å². The molecular weight excluding hydrogens is 361 g/mol. The lowest BCUT2D eigenvalue weighted by Crippen LogP contribution is -2.10. The fraction of sp³-hybridized carbons (Fsp3) is 0. The predicted octanol–water partition coefficient (Wildman–Crippen LogP) is 4.10. The van der Waals surface area contributed by atoms with Crippen LogP contribution in [0.1, 0.15) is 15.9 Å². The third kappa shape index (κ3) is 4.72. The van der Waals surface area contributed by atoms with E-state index in [0.29, 0.717) is 10.6 Å². The zero-order chi connectivity index (χ0) is 17.0. The third-order valence-corrected chi connectivity index (χ3v) is 4.48. The Morgan fingerprint density at radius 3 is 2.43 bits per heavy atom. The van der Waals surface area contributed by atoms with Crippen LogP contribution in [0.3, 0.4) is 0 Å². The Balaban J connectivity index is 2.24. The molecule has 0 bridgehead atoms. The van der Waals surface area contributed by atoms with Crippen molar-refractivity contribution in [1.29, 1.82) is 0 Å². The SMILES string of the molecule is O=C(O)c1cc(NS(=O)(=O)/C=C/c2ccccc2Cl)ccc1Cl. The van der Waals surface area contributed by atoms with Gasteiger partial charge in [-0.25, -0.2) is 13.2 Å². The molecule has 8 heteroatoms. The minimum absolute atomic E-state index is 0.0204. The number of carbonyl (C=O) groups is 1. The van der Waals surface area contributed by atoms with Crippen molar-refractivity contribution in [3.05, 3.63) is 69.0 Å². The number of anilines is 1. The Morgan fingerprint density at radius 2 is 1.78 bits per heavy atom. The molecule has 0 aliphatic heterocycles. The van der Waals surface area contributed by atoms with E-state index < -0.39 is 16.0 Å². The highest BCUT2D eigenvalue weighted by Crippen LogP contribution is 2.22. The van der Waals surface area contributed by atoms with Crippen molar-refractivity contribution in [1.82, 2.24) is 0 Å². The van der Waals surface area contributed by atoms with Crippen LogP contribution in [-0.2, 0) is 10.0 Å². The van der Waals surface area contributed by atoms with Crippen molar-refractivity contribution in [2.45, 2.75) is 0 Å². The Bertz CT molecular complexity index is 879. The third-order valence-electron chi connectivity index (χ3n) is 2.79. The van der Waals surface area contributed by atoms with Crippen LogP contribution in [0.15, 0.2) is 47.9 Å². The van der Waals surface area contributed by atoms with E-state index in [1.807, 2.05) is 0 Å². The van der Waals surface area contributed by atoms with E-state index in [-0.39, 0.29) is 16.3 Å². The number of benzene rings is 2. The standard InChI is InChI=1S/C15H11Cl2NO4S/c16-13-4-2-1-3-10(13)7-8-23(21,22)18-11-5-6-14(17)12(9-11)15(19)20/h1-9,18H,(H,19,20)/b8-7+. The molecule has 0 saturated carbocycles. The molecule has 0 unspecified atom stereocenters. The molecule has 5 nitrogen and oxygen atoms in total. The smallest absolute Gasteiger partial charge is 0.337 e. The number of halogens is 2. The van der Waals surface area contributed by atoms with E-state index >= 15 is 0 Å². The van der Waals surface area contributed by atoms with E-state index in [9.17, 15) is 13.2 Å². The van der Waals surface area contributed by atoms with Crippen LogP contribution < -0.4 is 4.72 Å².